The normalized spacial score (nSPS) is 32.5. The number of benzene rings is 1. The van der Waals surface area contributed by atoms with Crippen molar-refractivity contribution in [2.75, 3.05) is 5.73 Å². The van der Waals surface area contributed by atoms with E-state index in [0.29, 0.717) is 0 Å². The lowest BCUT2D eigenvalue weighted by molar-refractivity contribution is -0.194. The Balaban J connectivity index is 1.97. The molecule has 11 heteroatoms. The molecule has 0 saturated heterocycles. The molecule has 4 rings (SSSR count). The van der Waals surface area contributed by atoms with Crippen molar-refractivity contribution in [1.29, 1.82) is 0 Å². The van der Waals surface area contributed by atoms with Crippen LogP contribution < -0.4 is 11.5 Å². The summed E-state index contributed by atoms with van der Waals surface area (Å²) in [4.78, 5) is 76.9. The monoisotopic (exact) mass is 470 g/mol. The Hall–Kier alpha value is -3.86. The Bertz CT molecular complexity index is 1220. The number of aliphatic hydroxyl groups is 1. The van der Waals surface area contributed by atoms with Crippen molar-refractivity contribution < 1.29 is 43.7 Å². The average molecular weight is 470 g/mol. The van der Waals surface area contributed by atoms with Crippen LogP contribution in [-0.2, 0) is 28.7 Å². The highest BCUT2D eigenvalue weighted by molar-refractivity contribution is 6.32. The number of phenolic OH excluding ortho intramolecular Hbond substituents is 1. The zero-order valence-corrected chi connectivity index (χ0v) is 18.1. The molecule has 6 atom stereocenters. The van der Waals surface area contributed by atoms with Crippen molar-refractivity contribution in [1.82, 2.24) is 0 Å². The van der Waals surface area contributed by atoms with Gasteiger partial charge in [0.1, 0.15) is 11.9 Å². The molecule has 0 bridgehead atoms. The minimum atomic E-state index is -3.00. The second-order valence-electron chi connectivity index (χ2n) is 8.73. The third kappa shape index (κ3) is 2.86. The van der Waals surface area contributed by atoms with Crippen molar-refractivity contribution in [2.45, 2.75) is 31.5 Å². The highest BCUT2D eigenvalue weighted by Crippen LogP contribution is 2.54. The summed E-state index contributed by atoms with van der Waals surface area (Å²) in [6.45, 7) is 5.41. The van der Waals surface area contributed by atoms with Crippen molar-refractivity contribution >= 4 is 46.3 Å². The number of carbonyl (C=O) groups is 6. The van der Waals surface area contributed by atoms with Crippen LogP contribution in [0.4, 0.5) is 5.69 Å². The lowest BCUT2D eigenvalue weighted by Crippen LogP contribution is -2.72. The number of rotatable bonds is 3. The fourth-order valence-electron chi connectivity index (χ4n) is 5.35. The third-order valence-corrected chi connectivity index (χ3v) is 7.01. The zero-order valence-electron chi connectivity index (χ0n) is 18.1. The summed E-state index contributed by atoms with van der Waals surface area (Å²) in [6.07, 6.45) is -2.27. The van der Waals surface area contributed by atoms with Crippen molar-refractivity contribution in [3.05, 3.63) is 29.8 Å². The fraction of sp³-hybridized carbons (Fsp3) is 0.391. The second-order valence-corrected chi connectivity index (χ2v) is 8.73. The van der Waals surface area contributed by atoms with Gasteiger partial charge in [-0.15, -0.1) is 0 Å². The number of esters is 1. The van der Waals surface area contributed by atoms with Gasteiger partial charge in [0, 0.05) is 24.7 Å². The molecule has 3 aliphatic carbocycles. The zero-order chi connectivity index (χ0) is 25.3. The molecule has 6 N–H and O–H groups in total. The minimum absolute atomic E-state index is 0.118. The van der Waals surface area contributed by atoms with E-state index in [-0.39, 0.29) is 28.8 Å². The molecule has 2 fully saturated rings. The maximum Gasteiger partial charge on any atom is 0.305 e. The standard InChI is InChI=1S/C23H22N2O9/c1-3-12(27)34-19-9-6-11(26)15(22(25)32)20(30)23(9,33)21(31)16-13(19)7(2)8-4-5-10(24)17(28)14(8)18(16)29/h4-5,9,13,15-16,19,28,33H,2-3,6,24H2,1H3,(H2,25,32)/t9-,13-,15?,16?,19-,23-/m1/s1. The molecule has 11 nitrogen and oxygen atoms in total. The van der Waals surface area contributed by atoms with Gasteiger partial charge in [-0.05, 0) is 17.2 Å². The van der Waals surface area contributed by atoms with Crippen LogP contribution in [0.3, 0.4) is 0 Å². The van der Waals surface area contributed by atoms with Gasteiger partial charge in [-0.2, -0.15) is 0 Å². The number of aromatic hydroxyl groups is 1. The molecule has 178 valence electrons. The average Bonchev–Trinajstić information content (AvgIpc) is 2.77. The molecule has 1 amide bonds. The van der Waals surface area contributed by atoms with Crippen LogP contribution in [0.1, 0.15) is 35.7 Å². The summed E-state index contributed by atoms with van der Waals surface area (Å²) in [5.74, 6) is -14.1. The van der Waals surface area contributed by atoms with Gasteiger partial charge in [0.05, 0.1) is 17.2 Å². The Kier molecular flexibility index (Phi) is 5.20. The number of carbonyl (C=O) groups excluding carboxylic acids is 6. The lowest BCUT2D eigenvalue weighted by atomic mass is 9.51. The number of nitrogens with two attached hydrogens (primary N) is 2. The number of fused-ring (bicyclic) bond motifs is 3. The second kappa shape index (κ2) is 7.59. The van der Waals surface area contributed by atoms with E-state index in [9.17, 15) is 39.0 Å². The van der Waals surface area contributed by atoms with Gasteiger partial charge >= 0.3 is 5.97 Å². The van der Waals surface area contributed by atoms with Crippen LogP contribution in [0.5, 0.6) is 5.75 Å². The number of ketones is 4. The summed E-state index contributed by atoms with van der Waals surface area (Å²) in [5, 5.41) is 21.9. The third-order valence-electron chi connectivity index (χ3n) is 7.01. The molecule has 0 heterocycles. The Morgan fingerprint density at radius 2 is 1.85 bits per heavy atom. The molecule has 0 radical (unpaired) electrons. The first kappa shape index (κ1) is 23.3. The van der Waals surface area contributed by atoms with Crippen molar-refractivity contribution in [3.63, 3.8) is 0 Å². The lowest BCUT2D eigenvalue weighted by Gasteiger charge is -2.52. The van der Waals surface area contributed by atoms with Gasteiger partial charge < -0.3 is 26.4 Å². The number of Topliss-reactive ketones (excluding diaryl/α,β-unsaturated/α-hetero) is 4. The summed E-state index contributed by atoms with van der Waals surface area (Å²) >= 11 is 0. The van der Waals surface area contributed by atoms with Crippen molar-refractivity contribution in [3.8, 4) is 5.75 Å². The first-order chi connectivity index (χ1) is 15.9. The summed E-state index contributed by atoms with van der Waals surface area (Å²) in [5.41, 5.74) is 7.67. The minimum Gasteiger partial charge on any atom is -0.505 e. The maximum absolute atomic E-state index is 13.6. The van der Waals surface area contributed by atoms with Crippen LogP contribution in [0.25, 0.3) is 5.57 Å². The number of hydrogen-bond acceptors (Lipinski definition) is 10. The van der Waals surface area contributed by atoms with Gasteiger partial charge in [-0.3, -0.25) is 28.8 Å². The van der Waals surface area contributed by atoms with E-state index < -0.39 is 82.6 Å². The van der Waals surface area contributed by atoms with E-state index in [1.807, 2.05) is 0 Å². The van der Waals surface area contributed by atoms with E-state index in [4.69, 9.17) is 16.2 Å². The first-order valence-electron chi connectivity index (χ1n) is 10.5. The molecule has 1 aromatic carbocycles. The fourth-order valence-corrected chi connectivity index (χ4v) is 5.35. The van der Waals surface area contributed by atoms with Gasteiger partial charge in [-0.1, -0.05) is 19.6 Å². The van der Waals surface area contributed by atoms with E-state index in [1.165, 1.54) is 19.1 Å². The largest absolute Gasteiger partial charge is 0.505 e. The van der Waals surface area contributed by atoms with Gasteiger partial charge in [0.2, 0.25) is 5.91 Å². The number of ether oxygens (including phenoxy) is 1. The van der Waals surface area contributed by atoms with Gasteiger partial charge in [0.25, 0.3) is 0 Å². The molecule has 1 aromatic rings. The topological polar surface area (TPSA) is 204 Å². The molecule has 0 spiro atoms. The van der Waals surface area contributed by atoms with Gasteiger partial charge in [0.15, 0.2) is 34.7 Å². The highest BCUT2D eigenvalue weighted by Gasteiger charge is 2.70. The van der Waals surface area contributed by atoms with Gasteiger partial charge in [-0.25, -0.2) is 0 Å². The van der Waals surface area contributed by atoms with E-state index in [1.54, 1.807) is 0 Å². The number of nitrogen functional groups attached to an aromatic ring is 1. The Morgan fingerprint density at radius 1 is 1.21 bits per heavy atom. The van der Waals surface area contributed by atoms with E-state index in [0.717, 1.165) is 0 Å². The molecular formula is C23H22N2O9. The Morgan fingerprint density at radius 3 is 2.44 bits per heavy atom. The number of anilines is 1. The molecule has 2 unspecified atom stereocenters. The van der Waals surface area contributed by atoms with Crippen LogP contribution in [0.15, 0.2) is 18.7 Å². The molecule has 0 aliphatic heterocycles. The molecule has 34 heavy (non-hydrogen) atoms. The Labute approximate surface area is 192 Å². The van der Waals surface area contributed by atoms with E-state index >= 15 is 0 Å². The highest BCUT2D eigenvalue weighted by atomic mass is 16.5. The van der Waals surface area contributed by atoms with Crippen LogP contribution in [0.2, 0.25) is 0 Å². The summed E-state index contributed by atoms with van der Waals surface area (Å²) in [7, 11) is 0. The molecular weight excluding hydrogens is 448 g/mol. The predicted octanol–water partition coefficient (Wildman–Crippen LogP) is -0.688. The maximum atomic E-state index is 13.6. The molecule has 0 aromatic heterocycles. The first-order valence-corrected chi connectivity index (χ1v) is 10.5. The SMILES string of the molecule is C=C1c2ccc(N)c(O)c2C(=O)C2C(=O)[C@]3(O)C(=O)C(C(N)=O)C(=O)C[C@@H]3[C@@H](OC(=O)CC)[C@H]12. The van der Waals surface area contributed by atoms with E-state index in [2.05, 4.69) is 6.58 Å². The smallest absolute Gasteiger partial charge is 0.305 e. The molecule has 2 saturated carbocycles. The summed E-state index contributed by atoms with van der Waals surface area (Å²) in [6, 6.07) is 2.73. The predicted molar refractivity (Wildman–Crippen MR) is 114 cm³/mol. The van der Waals surface area contributed by atoms with Crippen LogP contribution in [0, 0.1) is 23.7 Å². The number of amides is 1. The number of phenols is 1. The quantitative estimate of drug-likeness (QED) is 0.189. The number of primary amides is 1. The number of hydrogen-bond donors (Lipinski definition) is 4. The summed E-state index contributed by atoms with van der Waals surface area (Å²) < 4.78 is 5.50. The van der Waals surface area contributed by atoms with Crippen LogP contribution >= 0.6 is 0 Å². The van der Waals surface area contributed by atoms with Crippen LogP contribution in [-0.4, -0.2) is 56.9 Å². The molecule has 3 aliphatic rings. The van der Waals surface area contributed by atoms with Crippen molar-refractivity contribution in [2.24, 2.45) is 29.4 Å².